The predicted molar refractivity (Wildman–Crippen MR) is 69.5 cm³/mol. The van der Waals surface area contributed by atoms with Crippen LogP contribution in [-0.2, 0) is 24.2 Å². The van der Waals surface area contributed by atoms with E-state index < -0.39 is 27.3 Å². The molecule has 0 unspecified atom stereocenters. The second-order valence-corrected chi connectivity index (χ2v) is 6.18. The molecule has 5 nitrogen and oxygen atoms in total. The number of benzene rings is 1. The number of methoxy groups -OCH3 is 1. The Labute approximate surface area is 112 Å². The van der Waals surface area contributed by atoms with E-state index in [1.165, 1.54) is 19.2 Å². The summed E-state index contributed by atoms with van der Waals surface area (Å²) in [6.45, 7) is 1.85. The molecule has 0 radical (unpaired) electrons. The average Bonchev–Trinajstić information content (AvgIpc) is 2.36. The van der Waals surface area contributed by atoms with E-state index in [4.69, 9.17) is 0 Å². The number of sulfone groups is 1. The van der Waals surface area contributed by atoms with Gasteiger partial charge in [0.25, 0.3) is 0 Å². The van der Waals surface area contributed by atoms with E-state index in [1.54, 1.807) is 12.1 Å². The van der Waals surface area contributed by atoms with Crippen LogP contribution >= 0.6 is 0 Å². The number of carbonyl (C=O) groups is 2. The van der Waals surface area contributed by atoms with Crippen LogP contribution < -0.4 is 0 Å². The van der Waals surface area contributed by atoms with Crippen LogP contribution in [0.4, 0.5) is 0 Å². The predicted octanol–water partition coefficient (Wildman–Crippen LogP) is 1.29. The highest BCUT2D eigenvalue weighted by Crippen LogP contribution is 2.13. The number of hydrogen-bond donors (Lipinski definition) is 0. The third-order valence-electron chi connectivity index (χ3n) is 2.57. The second kappa shape index (κ2) is 6.47. The number of esters is 1. The molecule has 0 amide bonds. The molecule has 0 aliphatic heterocycles. The number of ketones is 1. The van der Waals surface area contributed by atoms with Gasteiger partial charge < -0.3 is 4.74 Å². The molecule has 0 fully saturated rings. The van der Waals surface area contributed by atoms with E-state index in [2.05, 4.69) is 4.74 Å². The van der Waals surface area contributed by atoms with E-state index >= 15 is 0 Å². The first-order valence-electron chi connectivity index (χ1n) is 5.73. The van der Waals surface area contributed by atoms with Crippen LogP contribution in [0, 0.1) is 6.92 Å². The Kier molecular flexibility index (Phi) is 5.23. The molecule has 0 N–H and O–H groups in total. The first kappa shape index (κ1) is 15.4. The summed E-state index contributed by atoms with van der Waals surface area (Å²) < 4.78 is 28.3. The van der Waals surface area contributed by atoms with E-state index in [-0.39, 0.29) is 17.7 Å². The highest BCUT2D eigenvalue weighted by atomic mass is 32.2. The molecular weight excluding hydrogens is 268 g/mol. The monoisotopic (exact) mass is 284 g/mol. The maximum atomic E-state index is 11.9. The highest BCUT2D eigenvalue weighted by molar-refractivity contribution is 7.92. The smallest absolute Gasteiger partial charge is 0.305 e. The first-order valence-corrected chi connectivity index (χ1v) is 7.38. The molecule has 0 aromatic heterocycles. The van der Waals surface area contributed by atoms with Crippen molar-refractivity contribution in [1.29, 1.82) is 0 Å². The third-order valence-corrected chi connectivity index (χ3v) is 4.26. The molecule has 0 heterocycles. The van der Waals surface area contributed by atoms with Crippen molar-refractivity contribution in [1.82, 2.24) is 0 Å². The summed E-state index contributed by atoms with van der Waals surface area (Å²) in [4.78, 5) is 22.5. The molecule has 1 rings (SSSR count). The normalized spacial score (nSPS) is 11.1. The van der Waals surface area contributed by atoms with Gasteiger partial charge in [0.15, 0.2) is 9.84 Å². The summed E-state index contributed by atoms with van der Waals surface area (Å²) >= 11 is 0. The van der Waals surface area contributed by atoms with Gasteiger partial charge in [-0.05, 0) is 19.1 Å². The van der Waals surface area contributed by atoms with Gasteiger partial charge in [-0.2, -0.15) is 0 Å². The first-order chi connectivity index (χ1) is 8.85. The van der Waals surface area contributed by atoms with Gasteiger partial charge in [-0.25, -0.2) is 8.42 Å². The van der Waals surface area contributed by atoms with Gasteiger partial charge in [-0.15, -0.1) is 0 Å². The number of Topliss-reactive ketones (excluding diaryl/α,β-unsaturated/α-hetero) is 1. The molecule has 0 bridgehead atoms. The van der Waals surface area contributed by atoms with Gasteiger partial charge in [-0.3, -0.25) is 9.59 Å². The fourth-order valence-electron chi connectivity index (χ4n) is 1.46. The van der Waals surface area contributed by atoms with Gasteiger partial charge in [0, 0.05) is 6.42 Å². The number of rotatable bonds is 6. The maximum Gasteiger partial charge on any atom is 0.305 e. The van der Waals surface area contributed by atoms with Crippen LogP contribution in [0.5, 0.6) is 0 Å². The summed E-state index contributed by atoms with van der Waals surface area (Å²) in [7, 11) is -2.41. The van der Waals surface area contributed by atoms with Crippen molar-refractivity contribution in [2.24, 2.45) is 0 Å². The zero-order valence-corrected chi connectivity index (χ0v) is 11.7. The van der Waals surface area contributed by atoms with Crippen LogP contribution in [-0.4, -0.2) is 33.0 Å². The minimum Gasteiger partial charge on any atom is -0.469 e. The van der Waals surface area contributed by atoms with Gasteiger partial charge in [-0.1, -0.05) is 17.7 Å². The van der Waals surface area contributed by atoms with Gasteiger partial charge in [0.2, 0.25) is 0 Å². The summed E-state index contributed by atoms with van der Waals surface area (Å²) in [5.41, 5.74) is 0.941. The molecule has 0 saturated carbocycles. The minimum atomic E-state index is -3.63. The molecule has 0 saturated heterocycles. The van der Waals surface area contributed by atoms with E-state index in [9.17, 15) is 18.0 Å². The lowest BCUT2D eigenvalue weighted by Crippen LogP contribution is -2.17. The van der Waals surface area contributed by atoms with Crippen molar-refractivity contribution in [3.05, 3.63) is 29.8 Å². The van der Waals surface area contributed by atoms with Crippen molar-refractivity contribution in [2.45, 2.75) is 24.7 Å². The molecule has 0 aliphatic rings. The lowest BCUT2D eigenvalue weighted by Gasteiger charge is -2.04. The number of hydrogen-bond acceptors (Lipinski definition) is 5. The number of carbonyl (C=O) groups excluding carboxylic acids is 2. The van der Waals surface area contributed by atoms with Crippen LogP contribution in [0.1, 0.15) is 18.4 Å². The van der Waals surface area contributed by atoms with Gasteiger partial charge in [0.05, 0.1) is 18.4 Å². The minimum absolute atomic E-state index is 0.0985. The molecule has 6 heteroatoms. The summed E-state index contributed by atoms with van der Waals surface area (Å²) in [5.74, 6) is -1.61. The quantitative estimate of drug-likeness (QED) is 0.736. The van der Waals surface area contributed by atoms with E-state index in [0.717, 1.165) is 5.56 Å². The van der Waals surface area contributed by atoms with Crippen LogP contribution in [0.25, 0.3) is 0 Å². The van der Waals surface area contributed by atoms with Crippen molar-refractivity contribution >= 4 is 21.6 Å². The van der Waals surface area contributed by atoms with Crippen LogP contribution in [0.2, 0.25) is 0 Å². The Hall–Kier alpha value is -1.69. The molecule has 1 aromatic rings. The Morgan fingerprint density at radius 2 is 1.68 bits per heavy atom. The Balaban J connectivity index is 2.67. The maximum absolute atomic E-state index is 11.9. The molecule has 1 aromatic carbocycles. The second-order valence-electron chi connectivity index (χ2n) is 4.19. The summed E-state index contributed by atoms with van der Waals surface area (Å²) in [6.07, 6.45) is -0.226. The van der Waals surface area contributed by atoms with Gasteiger partial charge in [0.1, 0.15) is 11.5 Å². The van der Waals surface area contributed by atoms with Crippen LogP contribution in [0.3, 0.4) is 0 Å². The van der Waals surface area contributed by atoms with E-state index in [1.807, 2.05) is 6.92 Å². The topological polar surface area (TPSA) is 77.5 Å². The average molecular weight is 284 g/mol. The van der Waals surface area contributed by atoms with Crippen molar-refractivity contribution in [3.63, 3.8) is 0 Å². The van der Waals surface area contributed by atoms with Crippen LogP contribution in [0.15, 0.2) is 29.2 Å². The SMILES string of the molecule is COC(=O)CCC(=O)CS(=O)(=O)c1ccc(C)cc1. The Morgan fingerprint density at radius 3 is 2.21 bits per heavy atom. The fourth-order valence-corrected chi connectivity index (χ4v) is 2.74. The summed E-state index contributed by atoms with van der Waals surface area (Å²) in [5, 5.41) is 0. The standard InChI is InChI=1S/C13H16O5S/c1-10-3-6-12(7-4-10)19(16,17)9-11(14)5-8-13(15)18-2/h3-4,6-7H,5,8-9H2,1-2H3. The molecule has 104 valence electrons. The third kappa shape index (κ3) is 4.82. The lowest BCUT2D eigenvalue weighted by molar-refractivity contribution is -0.141. The van der Waals surface area contributed by atoms with Gasteiger partial charge >= 0.3 is 5.97 Å². The molecule has 19 heavy (non-hydrogen) atoms. The Bertz CT molecular complexity index is 557. The van der Waals surface area contributed by atoms with Crippen molar-refractivity contribution in [3.8, 4) is 0 Å². The molecule has 0 spiro atoms. The van der Waals surface area contributed by atoms with Crippen molar-refractivity contribution in [2.75, 3.05) is 12.9 Å². The largest absolute Gasteiger partial charge is 0.469 e. The number of aryl methyl sites for hydroxylation is 1. The molecular formula is C13H16O5S. The molecule has 0 atom stereocenters. The Morgan fingerprint density at radius 1 is 1.11 bits per heavy atom. The van der Waals surface area contributed by atoms with E-state index in [0.29, 0.717) is 0 Å². The fraction of sp³-hybridized carbons (Fsp3) is 0.385. The molecule has 0 aliphatic carbocycles. The summed E-state index contributed by atoms with van der Waals surface area (Å²) in [6, 6.07) is 6.29. The highest BCUT2D eigenvalue weighted by Gasteiger charge is 2.19. The zero-order valence-electron chi connectivity index (χ0n) is 10.9. The van der Waals surface area contributed by atoms with Crippen molar-refractivity contribution < 1.29 is 22.7 Å². The zero-order chi connectivity index (χ0) is 14.5. The number of ether oxygens (including phenoxy) is 1. The lowest BCUT2D eigenvalue weighted by atomic mass is 10.2.